The highest BCUT2D eigenvalue weighted by atomic mass is 16.5. The number of carbonyl (C=O) groups is 2. The Morgan fingerprint density at radius 2 is 1.93 bits per heavy atom. The third-order valence-corrected chi connectivity index (χ3v) is 3.94. The lowest BCUT2D eigenvalue weighted by Gasteiger charge is -2.12. The van der Waals surface area contributed by atoms with Gasteiger partial charge in [-0.25, -0.2) is 0 Å². The molecule has 1 amide bonds. The van der Waals surface area contributed by atoms with Crippen molar-refractivity contribution in [1.29, 1.82) is 0 Å². The first-order valence-corrected chi connectivity index (χ1v) is 8.99. The number of amides is 1. The van der Waals surface area contributed by atoms with E-state index in [1.54, 1.807) is 25.3 Å². The van der Waals surface area contributed by atoms with Gasteiger partial charge in [0.05, 0.1) is 27.2 Å². The Hall–Kier alpha value is -3.14. The number of nitrogens with zero attached hydrogens (tertiary/aromatic N) is 2. The zero-order valence-electron chi connectivity index (χ0n) is 16.9. The molecule has 0 aliphatic heterocycles. The molecule has 0 aliphatic carbocycles. The van der Waals surface area contributed by atoms with Gasteiger partial charge < -0.3 is 28.8 Å². The van der Waals surface area contributed by atoms with Crippen LogP contribution in [0.2, 0.25) is 0 Å². The minimum absolute atomic E-state index is 0.00323. The highest BCUT2D eigenvalue weighted by Gasteiger charge is 2.18. The maximum atomic E-state index is 11.9. The number of benzene rings is 1. The largest absolute Gasteiger partial charge is 0.493 e. The summed E-state index contributed by atoms with van der Waals surface area (Å²) < 4.78 is 25.6. The van der Waals surface area contributed by atoms with Crippen molar-refractivity contribution in [1.82, 2.24) is 15.5 Å². The number of nitrogens with one attached hydrogen (secondary N) is 1. The molecule has 0 bridgehead atoms. The van der Waals surface area contributed by atoms with Crippen molar-refractivity contribution in [3.05, 3.63) is 24.1 Å². The van der Waals surface area contributed by atoms with Crippen molar-refractivity contribution in [2.24, 2.45) is 0 Å². The van der Waals surface area contributed by atoms with Gasteiger partial charge in [0.15, 0.2) is 17.6 Å². The Kier molecular flexibility index (Phi) is 8.41. The fraction of sp³-hybridized carbons (Fsp3) is 0.474. The lowest BCUT2D eigenvalue weighted by atomic mass is 10.2. The third-order valence-electron chi connectivity index (χ3n) is 3.94. The summed E-state index contributed by atoms with van der Waals surface area (Å²) in [6.07, 6.45) is -0.704. The number of aromatic nitrogens is 2. The van der Waals surface area contributed by atoms with Gasteiger partial charge in [0.25, 0.3) is 5.91 Å². The molecule has 1 aromatic heterocycles. The maximum Gasteiger partial charge on any atom is 0.307 e. The van der Waals surface area contributed by atoms with Crippen LogP contribution in [0, 0.1) is 0 Å². The van der Waals surface area contributed by atoms with Crippen molar-refractivity contribution in [2.75, 3.05) is 34.5 Å². The number of aryl methyl sites for hydroxylation is 1. The van der Waals surface area contributed by atoms with Gasteiger partial charge in [0.2, 0.25) is 11.7 Å². The fourth-order valence-electron chi connectivity index (χ4n) is 2.39. The first-order valence-electron chi connectivity index (χ1n) is 8.99. The average molecular weight is 407 g/mol. The summed E-state index contributed by atoms with van der Waals surface area (Å²) in [5, 5.41) is 6.52. The highest BCUT2D eigenvalue weighted by Crippen LogP contribution is 2.31. The van der Waals surface area contributed by atoms with Gasteiger partial charge >= 0.3 is 5.97 Å². The molecule has 0 fully saturated rings. The predicted octanol–water partition coefficient (Wildman–Crippen LogP) is 1.38. The standard InChI is InChI=1S/C19H25N3O7/c1-12(19(24)20-9-10-25-2)28-17(23)8-7-16-21-18(22-29-16)13-5-6-14(26-3)15(11-13)27-4/h5-6,11-12H,7-10H2,1-4H3,(H,20,24)/t12-/m0/s1. The smallest absolute Gasteiger partial charge is 0.307 e. The second kappa shape index (κ2) is 11.0. The highest BCUT2D eigenvalue weighted by molar-refractivity contribution is 5.83. The van der Waals surface area contributed by atoms with Crippen LogP contribution < -0.4 is 14.8 Å². The van der Waals surface area contributed by atoms with Crippen LogP contribution in [0.4, 0.5) is 0 Å². The minimum atomic E-state index is -0.899. The van der Waals surface area contributed by atoms with Crippen LogP contribution in [0.3, 0.4) is 0 Å². The van der Waals surface area contributed by atoms with Crippen molar-refractivity contribution in [3.8, 4) is 22.9 Å². The molecule has 1 atom stereocenters. The molecule has 10 nitrogen and oxygen atoms in total. The number of hydrogen-bond donors (Lipinski definition) is 1. The van der Waals surface area contributed by atoms with Crippen molar-refractivity contribution in [2.45, 2.75) is 25.9 Å². The summed E-state index contributed by atoms with van der Waals surface area (Å²) in [6.45, 7) is 2.23. The van der Waals surface area contributed by atoms with E-state index in [2.05, 4.69) is 15.5 Å². The summed E-state index contributed by atoms with van der Waals surface area (Å²) in [7, 11) is 4.62. The molecule has 0 unspecified atom stereocenters. The zero-order chi connectivity index (χ0) is 21.2. The molecule has 2 rings (SSSR count). The number of carbonyl (C=O) groups excluding carboxylic acids is 2. The maximum absolute atomic E-state index is 11.9. The van der Waals surface area contributed by atoms with Gasteiger partial charge in [-0.3, -0.25) is 9.59 Å². The van der Waals surface area contributed by atoms with Gasteiger partial charge in [-0.1, -0.05) is 5.16 Å². The van der Waals surface area contributed by atoms with E-state index in [-0.39, 0.29) is 24.6 Å². The summed E-state index contributed by atoms with van der Waals surface area (Å²) in [4.78, 5) is 28.0. The van der Waals surface area contributed by atoms with Crippen molar-refractivity contribution >= 4 is 11.9 Å². The monoisotopic (exact) mass is 407 g/mol. The first-order chi connectivity index (χ1) is 14.0. The van der Waals surface area contributed by atoms with Crippen LogP contribution in [0.5, 0.6) is 11.5 Å². The van der Waals surface area contributed by atoms with E-state index >= 15 is 0 Å². The Bertz CT molecular complexity index is 822. The molecule has 0 saturated carbocycles. The molecule has 1 heterocycles. The summed E-state index contributed by atoms with van der Waals surface area (Å²) >= 11 is 0. The average Bonchev–Trinajstić information content (AvgIpc) is 3.20. The van der Waals surface area contributed by atoms with Crippen LogP contribution in [0.1, 0.15) is 19.2 Å². The van der Waals surface area contributed by atoms with Crippen LogP contribution in [-0.4, -0.2) is 62.6 Å². The van der Waals surface area contributed by atoms with E-state index in [0.29, 0.717) is 36.0 Å². The molecule has 29 heavy (non-hydrogen) atoms. The van der Waals surface area contributed by atoms with E-state index in [0.717, 1.165) is 0 Å². The number of rotatable bonds is 11. The number of ether oxygens (including phenoxy) is 4. The van der Waals surface area contributed by atoms with E-state index in [9.17, 15) is 9.59 Å². The molecular weight excluding hydrogens is 382 g/mol. The Morgan fingerprint density at radius 1 is 1.17 bits per heavy atom. The SMILES string of the molecule is COCCNC(=O)[C@H](C)OC(=O)CCc1nc(-c2ccc(OC)c(OC)c2)no1. The molecular formula is C19H25N3O7. The molecule has 158 valence electrons. The Labute approximate surface area is 168 Å². The summed E-state index contributed by atoms with van der Waals surface area (Å²) in [5.41, 5.74) is 0.682. The number of esters is 1. The van der Waals surface area contributed by atoms with Gasteiger partial charge in [-0.05, 0) is 25.1 Å². The van der Waals surface area contributed by atoms with E-state index < -0.39 is 12.1 Å². The lowest BCUT2D eigenvalue weighted by Crippen LogP contribution is -2.37. The van der Waals surface area contributed by atoms with Crippen LogP contribution in [0.15, 0.2) is 22.7 Å². The van der Waals surface area contributed by atoms with Gasteiger partial charge in [0, 0.05) is 25.6 Å². The van der Waals surface area contributed by atoms with Gasteiger partial charge in [0.1, 0.15) is 0 Å². The normalized spacial score (nSPS) is 11.6. The second-order valence-corrected chi connectivity index (χ2v) is 6.00. The molecule has 0 aliphatic rings. The number of methoxy groups -OCH3 is 3. The van der Waals surface area contributed by atoms with Gasteiger partial charge in [-0.15, -0.1) is 0 Å². The molecule has 1 N–H and O–H groups in total. The zero-order valence-corrected chi connectivity index (χ0v) is 16.9. The summed E-state index contributed by atoms with van der Waals surface area (Å²) in [5.74, 6) is 0.846. The quantitative estimate of drug-likeness (QED) is 0.435. The van der Waals surface area contributed by atoms with Crippen molar-refractivity contribution < 1.29 is 33.1 Å². The third kappa shape index (κ3) is 6.46. The van der Waals surface area contributed by atoms with Crippen LogP contribution in [0.25, 0.3) is 11.4 Å². The van der Waals surface area contributed by atoms with Crippen LogP contribution in [-0.2, 0) is 25.5 Å². The fourth-order valence-corrected chi connectivity index (χ4v) is 2.39. The predicted molar refractivity (Wildman–Crippen MR) is 102 cm³/mol. The van der Waals surface area contributed by atoms with Crippen molar-refractivity contribution in [3.63, 3.8) is 0 Å². The van der Waals surface area contributed by atoms with Gasteiger partial charge in [-0.2, -0.15) is 4.98 Å². The minimum Gasteiger partial charge on any atom is -0.493 e. The molecule has 0 radical (unpaired) electrons. The molecule has 0 saturated heterocycles. The Balaban J connectivity index is 1.87. The van der Waals surface area contributed by atoms with E-state index in [1.807, 2.05) is 0 Å². The first kappa shape index (κ1) is 22.2. The Morgan fingerprint density at radius 3 is 2.62 bits per heavy atom. The number of hydrogen-bond acceptors (Lipinski definition) is 9. The topological polar surface area (TPSA) is 122 Å². The molecule has 2 aromatic rings. The lowest BCUT2D eigenvalue weighted by molar-refractivity contribution is -0.154. The second-order valence-electron chi connectivity index (χ2n) is 6.00. The molecule has 0 spiro atoms. The van der Waals surface area contributed by atoms with E-state index in [1.165, 1.54) is 21.1 Å². The van der Waals surface area contributed by atoms with Crippen LogP contribution >= 0.6 is 0 Å². The molecule has 1 aromatic carbocycles. The van der Waals surface area contributed by atoms with E-state index in [4.69, 9.17) is 23.5 Å². The summed E-state index contributed by atoms with van der Waals surface area (Å²) in [6, 6.07) is 5.24. The molecule has 10 heteroatoms.